The van der Waals surface area contributed by atoms with Crippen molar-refractivity contribution in [2.45, 2.75) is 49.6 Å². The summed E-state index contributed by atoms with van der Waals surface area (Å²) in [6.07, 6.45) is 2.97. The number of hydrogen-bond donors (Lipinski definition) is 2. The van der Waals surface area contributed by atoms with Crippen LogP contribution in [0.3, 0.4) is 0 Å². The molecule has 1 atom stereocenters. The van der Waals surface area contributed by atoms with Gasteiger partial charge in [-0.2, -0.15) is 0 Å². The third kappa shape index (κ3) is 6.39. The predicted octanol–water partition coefficient (Wildman–Crippen LogP) is 2.87. The molecular formula is C23H31N3O3S. The third-order valence-corrected chi connectivity index (χ3v) is 7.15. The molecule has 0 aliphatic carbocycles. The van der Waals surface area contributed by atoms with Crippen LogP contribution in [0.4, 0.5) is 0 Å². The van der Waals surface area contributed by atoms with Crippen LogP contribution in [0.15, 0.2) is 59.5 Å². The van der Waals surface area contributed by atoms with Crippen LogP contribution in [0.2, 0.25) is 0 Å². The number of sulfonamides is 1. The number of nitrogens with zero attached hydrogens (tertiary/aromatic N) is 1. The summed E-state index contributed by atoms with van der Waals surface area (Å²) in [5.74, 6) is 0.0552. The number of likely N-dealkylation sites (tertiary alicyclic amines) is 1. The molecule has 0 bridgehead atoms. The van der Waals surface area contributed by atoms with E-state index in [1.165, 1.54) is 0 Å². The Morgan fingerprint density at radius 2 is 1.70 bits per heavy atom. The van der Waals surface area contributed by atoms with Crippen LogP contribution in [-0.4, -0.2) is 45.4 Å². The third-order valence-electron chi connectivity index (χ3n) is 5.59. The molecule has 0 radical (unpaired) electrons. The lowest BCUT2D eigenvalue weighted by atomic mass is 10.0. The van der Waals surface area contributed by atoms with E-state index in [1.807, 2.05) is 37.3 Å². The molecule has 0 saturated carbocycles. The van der Waals surface area contributed by atoms with E-state index >= 15 is 0 Å². The Balaban J connectivity index is 1.51. The van der Waals surface area contributed by atoms with Crippen molar-refractivity contribution in [2.24, 2.45) is 0 Å². The van der Waals surface area contributed by atoms with Gasteiger partial charge in [-0.15, -0.1) is 0 Å². The first-order valence-corrected chi connectivity index (χ1v) is 12.0. The molecule has 1 fully saturated rings. The number of amides is 1. The van der Waals surface area contributed by atoms with Gasteiger partial charge >= 0.3 is 0 Å². The molecule has 2 aromatic carbocycles. The molecule has 2 aromatic rings. The standard InChI is InChI=1S/C23H31N3O3S/c1-18(20-6-4-3-5-7-20)25-30(28,29)22-11-8-19(9-12-22)10-13-23(27)24-21-14-16-26(2)17-15-21/h3-9,11-12,18,21,25H,10,13-17H2,1-2H3,(H,24,27). The van der Waals surface area contributed by atoms with Crippen molar-refractivity contribution in [3.63, 3.8) is 0 Å². The minimum atomic E-state index is -3.61. The van der Waals surface area contributed by atoms with E-state index in [2.05, 4.69) is 22.0 Å². The van der Waals surface area contributed by atoms with Crippen molar-refractivity contribution in [1.82, 2.24) is 14.9 Å². The number of carbonyl (C=O) groups excluding carboxylic acids is 1. The highest BCUT2D eigenvalue weighted by atomic mass is 32.2. The van der Waals surface area contributed by atoms with Crippen molar-refractivity contribution >= 4 is 15.9 Å². The topological polar surface area (TPSA) is 78.5 Å². The summed E-state index contributed by atoms with van der Waals surface area (Å²) in [6, 6.07) is 16.2. The molecule has 0 spiro atoms. The number of rotatable bonds is 8. The van der Waals surface area contributed by atoms with Gasteiger partial charge in [-0.25, -0.2) is 13.1 Å². The molecule has 1 heterocycles. The maximum absolute atomic E-state index is 12.7. The van der Waals surface area contributed by atoms with Gasteiger partial charge < -0.3 is 10.2 Å². The zero-order chi connectivity index (χ0) is 21.6. The fraction of sp³-hybridized carbons (Fsp3) is 0.435. The zero-order valence-electron chi connectivity index (χ0n) is 17.7. The summed E-state index contributed by atoms with van der Waals surface area (Å²) < 4.78 is 28.0. The summed E-state index contributed by atoms with van der Waals surface area (Å²) in [4.78, 5) is 14.7. The van der Waals surface area contributed by atoms with Crippen LogP contribution in [0.25, 0.3) is 0 Å². The molecule has 2 N–H and O–H groups in total. The second-order valence-electron chi connectivity index (χ2n) is 8.04. The van der Waals surface area contributed by atoms with Crippen LogP contribution in [0, 0.1) is 0 Å². The second-order valence-corrected chi connectivity index (χ2v) is 9.76. The number of nitrogens with one attached hydrogen (secondary N) is 2. The molecule has 1 aliphatic heterocycles. The van der Waals surface area contributed by atoms with Gasteiger partial charge in [0.15, 0.2) is 0 Å². The Morgan fingerprint density at radius 1 is 1.07 bits per heavy atom. The Kier molecular flexibility index (Phi) is 7.64. The van der Waals surface area contributed by atoms with Gasteiger partial charge in [0.25, 0.3) is 0 Å². The average Bonchev–Trinajstić information content (AvgIpc) is 2.74. The van der Waals surface area contributed by atoms with Crippen LogP contribution in [0.1, 0.15) is 43.4 Å². The Labute approximate surface area is 179 Å². The molecule has 3 rings (SSSR count). The Hall–Kier alpha value is -2.22. The lowest BCUT2D eigenvalue weighted by molar-refractivity contribution is -0.122. The SMILES string of the molecule is CC(NS(=O)(=O)c1ccc(CCC(=O)NC2CCN(C)CC2)cc1)c1ccccc1. The highest BCUT2D eigenvalue weighted by molar-refractivity contribution is 7.89. The smallest absolute Gasteiger partial charge is 0.241 e. The first-order chi connectivity index (χ1) is 14.3. The van der Waals surface area contributed by atoms with Crippen LogP contribution < -0.4 is 10.0 Å². The van der Waals surface area contributed by atoms with Crippen molar-refractivity contribution in [1.29, 1.82) is 0 Å². The molecule has 1 unspecified atom stereocenters. The highest BCUT2D eigenvalue weighted by Gasteiger charge is 2.19. The predicted molar refractivity (Wildman–Crippen MR) is 119 cm³/mol. The van der Waals surface area contributed by atoms with Crippen LogP contribution in [-0.2, 0) is 21.2 Å². The van der Waals surface area contributed by atoms with Gasteiger partial charge in [0, 0.05) is 18.5 Å². The molecule has 30 heavy (non-hydrogen) atoms. The van der Waals surface area contributed by atoms with E-state index in [0.29, 0.717) is 12.8 Å². The van der Waals surface area contributed by atoms with E-state index in [4.69, 9.17) is 0 Å². The van der Waals surface area contributed by atoms with Gasteiger partial charge in [0.1, 0.15) is 0 Å². The molecule has 162 valence electrons. The van der Waals surface area contributed by atoms with E-state index in [9.17, 15) is 13.2 Å². The molecular weight excluding hydrogens is 398 g/mol. The Morgan fingerprint density at radius 3 is 2.33 bits per heavy atom. The van der Waals surface area contributed by atoms with Gasteiger partial charge in [-0.05, 0) is 69.6 Å². The minimum Gasteiger partial charge on any atom is -0.353 e. The van der Waals surface area contributed by atoms with Gasteiger partial charge in [0.2, 0.25) is 15.9 Å². The zero-order valence-corrected chi connectivity index (χ0v) is 18.5. The van der Waals surface area contributed by atoms with Crippen molar-refractivity contribution in [3.8, 4) is 0 Å². The highest BCUT2D eigenvalue weighted by Crippen LogP contribution is 2.18. The first-order valence-electron chi connectivity index (χ1n) is 10.5. The number of piperidine rings is 1. The average molecular weight is 430 g/mol. The van der Waals surface area contributed by atoms with Gasteiger partial charge in [-0.1, -0.05) is 42.5 Å². The normalized spacial score (nSPS) is 16.9. The Bertz CT molecular complexity index is 922. The van der Waals surface area contributed by atoms with Crippen molar-refractivity contribution in [2.75, 3.05) is 20.1 Å². The van der Waals surface area contributed by atoms with E-state index in [-0.39, 0.29) is 22.9 Å². The summed E-state index contributed by atoms with van der Waals surface area (Å²) in [5.41, 5.74) is 1.86. The molecule has 7 heteroatoms. The number of benzene rings is 2. The number of aryl methyl sites for hydroxylation is 1. The molecule has 1 aliphatic rings. The summed E-state index contributed by atoms with van der Waals surface area (Å²) in [6.45, 7) is 3.85. The maximum Gasteiger partial charge on any atom is 0.241 e. The van der Waals surface area contributed by atoms with E-state index in [1.54, 1.807) is 24.3 Å². The fourth-order valence-electron chi connectivity index (χ4n) is 3.66. The molecule has 0 aromatic heterocycles. The summed E-state index contributed by atoms with van der Waals surface area (Å²) in [5, 5.41) is 3.11. The second kappa shape index (κ2) is 10.2. The molecule has 1 saturated heterocycles. The minimum absolute atomic E-state index is 0.0552. The lowest BCUT2D eigenvalue weighted by Crippen LogP contribution is -2.43. The molecule has 6 nitrogen and oxygen atoms in total. The maximum atomic E-state index is 12.7. The lowest BCUT2D eigenvalue weighted by Gasteiger charge is -2.29. The van der Waals surface area contributed by atoms with Crippen molar-refractivity contribution < 1.29 is 13.2 Å². The first kappa shape index (κ1) is 22.5. The number of hydrogen-bond acceptors (Lipinski definition) is 4. The van der Waals surface area contributed by atoms with E-state index in [0.717, 1.165) is 37.1 Å². The summed E-state index contributed by atoms with van der Waals surface area (Å²) >= 11 is 0. The van der Waals surface area contributed by atoms with Gasteiger partial charge in [-0.3, -0.25) is 4.79 Å². The van der Waals surface area contributed by atoms with Crippen LogP contribution >= 0.6 is 0 Å². The molecule has 1 amide bonds. The quantitative estimate of drug-likeness (QED) is 0.676. The largest absolute Gasteiger partial charge is 0.353 e. The van der Waals surface area contributed by atoms with Crippen LogP contribution in [0.5, 0.6) is 0 Å². The van der Waals surface area contributed by atoms with Gasteiger partial charge in [0.05, 0.1) is 4.90 Å². The van der Waals surface area contributed by atoms with E-state index < -0.39 is 10.0 Å². The monoisotopic (exact) mass is 429 g/mol. The van der Waals surface area contributed by atoms with Crippen molar-refractivity contribution in [3.05, 3.63) is 65.7 Å². The number of carbonyl (C=O) groups is 1. The fourth-order valence-corrected chi connectivity index (χ4v) is 4.89. The summed E-state index contributed by atoms with van der Waals surface area (Å²) in [7, 11) is -1.52.